The first-order chi connectivity index (χ1) is 8.74. The van der Waals surface area contributed by atoms with E-state index in [-0.39, 0.29) is 11.5 Å². The zero-order valence-corrected chi connectivity index (χ0v) is 11.0. The molecule has 1 aliphatic carbocycles. The van der Waals surface area contributed by atoms with E-state index in [2.05, 4.69) is 30.5 Å². The van der Waals surface area contributed by atoms with Crippen LogP contribution in [0.15, 0.2) is 18.2 Å². The molecular formula is C15H22N2O. The maximum Gasteiger partial charge on any atom is 0.127 e. The van der Waals surface area contributed by atoms with Crippen molar-refractivity contribution in [2.45, 2.75) is 45.1 Å². The third-order valence-electron chi connectivity index (χ3n) is 4.67. The second-order valence-corrected chi connectivity index (χ2v) is 5.89. The van der Waals surface area contributed by atoms with E-state index in [1.54, 1.807) is 0 Å². The van der Waals surface area contributed by atoms with E-state index in [0.717, 1.165) is 18.8 Å². The van der Waals surface area contributed by atoms with E-state index < -0.39 is 0 Å². The van der Waals surface area contributed by atoms with Crippen molar-refractivity contribution in [3.63, 3.8) is 0 Å². The maximum absolute atomic E-state index is 5.86. The molecule has 0 spiro atoms. The Bertz CT molecular complexity index is 438. The van der Waals surface area contributed by atoms with Gasteiger partial charge in [0.05, 0.1) is 12.6 Å². The van der Waals surface area contributed by atoms with Gasteiger partial charge in [-0.15, -0.1) is 0 Å². The highest BCUT2D eigenvalue weighted by Gasteiger charge is 2.39. The third-order valence-corrected chi connectivity index (χ3v) is 4.67. The summed E-state index contributed by atoms with van der Waals surface area (Å²) in [5, 5.41) is 0. The second-order valence-electron chi connectivity index (χ2n) is 5.89. The Labute approximate surface area is 109 Å². The molecule has 0 bridgehead atoms. The number of hydrogen-bond donors (Lipinski definition) is 2. The Balaban J connectivity index is 1.99. The van der Waals surface area contributed by atoms with E-state index in [1.807, 2.05) is 0 Å². The van der Waals surface area contributed by atoms with Crippen LogP contribution in [0.3, 0.4) is 0 Å². The minimum absolute atomic E-state index is 0.202. The molecule has 1 aromatic carbocycles. The van der Waals surface area contributed by atoms with Crippen molar-refractivity contribution in [2.75, 3.05) is 6.61 Å². The quantitative estimate of drug-likeness (QED) is 0.637. The zero-order valence-electron chi connectivity index (χ0n) is 11.0. The second kappa shape index (κ2) is 4.56. The number of rotatable bonds is 3. The molecule has 0 aromatic heterocycles. The number of nitrogens with two attached hydrogens (primary N) is 1. The minimum Gasteiger partial charge on any atom is -0.493 e. The fraction of sp³-hybridized carbons (Fsp3) is 0.600. The Morgan fingerprint density at radius 1 is 1.33 bits per heavy atom. The SMILES string of the molecule is CC1(C(NN)c2cccc3c2OCC3)CCCC1. The lowest BCUT2D eigenvalue weighted by Gasteiger charge is -2.34. The van der Waals surface area contributed by atoms with Gasteiger partial charge in [-0.05, 0) is 23.8 Å². The first kappa shape index (κ1) is 12.0. The van der Waals surface area contributed by atoms with Gasteiger partial charge in [-0.3, -0.25) is 11.3 Å². The fourth-order valence-corrected chi connectivity index (χ4v) is 3.61. The van der Waals surface area contributed by atoms with Crippen LogP contribution in [0, 0.1) is 5.41 Å². The van der Waals surface area contributed by atoms with Gasteiger partial charge in [0.15, 0.2) is 0 Å². The number of hydrazine groups is 1. The maximum atomic E-state index is 5.86. The molecule has 0 amide bonds. The van der Waals surface area contributed by atoms with Gasteiger partial charge in [-0.2, -0.15) is 0 Å². The van der Waals surface area contributed by atoms with Crippen molar-refractivity contribution in [2.24, 2.45) is 11.3 Å². The van der Waals surface area contributed by atoms with Gasteiger partial charge in [0.2, 0.25) is 0 Å². The molecule has 3 nitrogen and oxygen atoms in total. The van der Waals surface area contributed by atoms with Gasteiger partial charge < -0.3 is 4.74 Å². The molecule has 2 aliphatic rings. The van der Waals surface area contributed by atoms with Crippen molar-refractivity contribution >= 4 is 0 Å². The molecule has 1 aliphatic heterocycles. The molecule has 1 atom stereocenters. The largest absolute Gasteiger partial charge is 0.493 e. The van der Waals surface area contributed by atoms with Crippen LogP contribution in [0.1, 0.15) is 49.8 Å². The third kappa shape index (κ3) is 1.82. The van der Waals surface area contributed by atoms with E-state index in [0.29, 0.717) is 0 Å². The Kier molecular flexibility index (Phi) is 3.04. The summed E-state index contributed by atoms with van der Waals surface area (Å²) in [6.45, 7) is 3.15. The Morgan fingerprint density at radius 2 is 2.11 bits per heavy atom. The smallest absolute Gasteiger partial charge is 0.127 e. The number of benzene rings is 1. The van der Waals surface area contributed by atoms with Gasteiger partial charge in [0.1, 0.15) is 5.75 Å². The minimum atomic E-state index is 0.202. The summed E-state index contributed by atoms with van der Waals surface area (Å²) in [5.74, 6) is 6.94. The summed E-state index contributed by atoms with van der Waals surface area (Å²) in [5.41, 5.74) is 5.89. The molecule has 1 heterocycles. The van der Waals surface area contributed by atoms with Crippen LogP contribution in [0.5, 0.6) is 5.75 Å². The summed E-state index contributed by atoms with van der Waals surface area (Å²) >= 11 is 0. The van der Waals surface area contributed by atoms with Crippen LogP contribution < -0.4 is 16.0 Å². The highest BCUT2D eigenvalue weighted by Crippen LogP contribution is 2.49. The van der Waals surface area contributed by atoms with Crippen LogP contribution in [0.25, 0.3) is 0 Å². The van der Waals surface area contributed by atoms with Crippen LogP contribution >= 0.6 is 0 Å². The average Bonchev–Trinajstić information content (AvgIpc) is 2.99. The Hall–Kier alpha value is -1.06. The summed E-state index contributed by atoms with van der Waals surface area (Å²) < 4.78 is 5.82. The standard InChI is InChI=1S/C15H22N2O/c1-15(8-2-3-9-15)14(17-16)12-6-4-5-11-7-10-18-13(11)12/h4-6,14,17H,2-3,7-10,16H2,1H3. The van der Waals surface area contributed by atoms with E-state index in [9.17, 15) is 0 Å². The number of para-hydroxylation sites is 1. The summed E-state index contributed by atoms with van der Waals surface area (Å²) in [6.07, 6.45) is 6.13. The van der Waals surface area contributed by atoms with Crippen molar-refractivity contribution in [3.8, 4) is 5.75 Å². The normalized spacial score (nSPS) is 22.6. The van der Waals surface area contributed by atoms with Gasteiger partial charge in [0, 0.05) is 12.0 Å². The van der Waals surface area contributed by atoms with Gasteiger partial charge in [-0.25, -0.2) is 0 Å². The summed E-state index contributed by atoms with van der Waals surface area (Å²) in [4.78, 5) is 0. The summed E-state index contributed by atoms with van der Waals surface area (Å²) in [7, 11) is 0. The fourth-order valence-electron chi connectivity index (χ4n) is 3.61. The first-order valence-corrected chi connectivity index (χ1v) is 6.95. The van der Waals surface area contributed by atoms with Crippen molar-refractivity contribution in [3.05, 3.63) is 29.3 Å². The molecule has 3 rings (SSSR count). The molecule has 1 aromatic rings. The van der Waals surface area contributed by atoms with Crippen LogP contribution in [0.2, 0.25) is 0 Å². The monoisotopic (exact) mass is 246 g/mol. The van der Waals surface area contributed by atoms with Crippen LogP contribution in [-0.2, 0) is 6.42 Å². The molecule has 98 valence electrons. The molecule has 18 heavy (non-hydrogen) atoms. The van der Waals surface area contributed by atoms with E-state index >= 15 is 0 Å². The molecule has 3 N–H and O–H groups in total. The molecule has 0 radical (unpaired) electrons. The first-order valence-electron chi connectivity index (χ1n) is 6.95. The van der Waals surface area contributed by atoms with Crippen molar-refractivity contribution in [1.29, 1.82) is 0 Å². The zero-order chi connectivity index (χ0) is 12.6. The molecule has 3 heteroatoms. The molecule has 1 saturated carbocycles. The van der Waals surface area contributed by atoms with Crippen LogP contribution in [-0.4, -0.2) is 6.61 Å². The lowest BCUT2D eigenvalue weighted by molar-refractivity contribution is 0.219. The highest BCUT2D eigenvalue weighted by molar-refractivity contribution is 5.46. The topological polar surface area (TPSA) is 47.3 Å². The van der Waals surface area contributed by atoms with E-state index in [1.165, 1.54) is 36.8 Å². The summed E-state index contributed by atoms with van der Waals surface area (Å²) in [6, 6.07) is 6.66. The number of fused-ring (bicyclic) bond motifs is 1. The van der Waals surface area contributed by atoms with Gasteiger partial charge in [-0.1, -0.05) is 38.0 Å². The lowest BCUT2D eigenvalue weighted by Crippen LogP contribution is -2.38. The average molecular weight is 246 g/mol. The van der Waals surface area contributed by atoms with Crippen molar-refractivity contribution in [1.82, 2.24) is 5.43 Å². The van der Waals surface area contributed by atoms with E-state index in [4.69, 9.17) is 10.6 Å². The number of ether oxygens (including phenoxy) is 1. The predicted molar refractivity (Wildman–Crippen MR) is 72.3 cm³/mol. The molecule has 1 fully saturated rings. The number of hydrogen-bond acceptors (Lipinski definition) is 3. The predicted octanol–water partition coefficient (Wildman–Crippen LogP) is 2.71. The van der Waals surface area contributed by atoms with Gasteiger partial charge in [0.25, 0.3) is 0 Å². The van der Waals surface area contributed by atoms with Crippen LogP contribution in [0.4, 0.5) is 0 Å². The van der Waals surface area contributed by atoms with Gasteiger partial charge >= 0.3 is 0 Å². The Morgan fingerprint density at radius 3 is 2.83 bits per heavy atom. The highest BCUT2D eigenvalue weighted by atomic mass is 16.5. The number of nitrogens with one attached hydrogen (secondary N) is 1. The van der Waals surface area contributed by atoms with Crippen molar-refractivity contribution < 1.29 is 4.74 Å². The molecular weight excluding hydrogens is 224 g/mol. The lowest BCUT2D eigenvalue weighted by atomic mass is 9.77. The molecule has 1 unspecified atom stereocenters. The molecule has 0 saturated heterocycles.